The molecule has 308 valence electrons. The van der Waals surface area contributed by atoms with Crippen molar-refractivity contribution >= 4 is 17.1 Å². The minimum atomic E-state index is -0.576. The van der Waals surface area contributed by atoms with Crippen LogP contribution in [0.25, 0.3) is 22.3 Å². The van der Waals surface area contributed by atoms with Gasteiger partial charge in [-0.15, -0.1) is 0 Å². The number of nitrogens with zero attached hydrogens (tertiary/aromatic N) is 1. The van der Waals surface area contributed by atoms with Gasteiger partial charge in [0.2, 0.25) is 0 Å². The Bertz CT molecular complexity index is 2750. The second-order valence-corrected chi connectivity index (χ2v) is 18.3. The minimum absolute atomic E-state index is 0.182. The predicted molar refractivity (Wildman–Crippen MR) is 261 cm³/mol. The van der Waals surface area contributed by atoms with Gasteiger partial charge in [0.1, 0.15) is 11.5 Å². The van der Waals surface area contributed by atoms with E-state index < -0.39 is 5.41 Å². The molecule has 1 aliphatic carbocycles. The maximum absolute atomic E-state index is 6.59. The minimum Gasteiger partial charge on any atom is -0.457 e. The predicted octanol–water partition coefficient (Wildman–Crippen LogP) is 16.9. The molecule has 0 heterocycles. The van der Waals surface area contributed by atoms with E-state index in [0.717, 1.165) is 28.6 Å². The number of ether oxygens (including phenoxy) is 1. The van der Waals surface area contributed by atoms with E-state index >= 15 is 0 Å². The van der Waals surface area contributed by atoms with Gasteiger partial charge in [0.05, 0.1) is 5.41 Å². The van der Waals surface area contributed by atoms with Gasteiger partial charge >= 0.3 is 0 Å². The van der Waals surface area contributed by atoms with E-state index in [-0.39, 0.29) is 5.41 Å². The van der Waals surface area contributed by atoms with Gasteiger partial charge in [0.15, 0.2) is 0 Å². The van der Waals surface area contributed by atoms with Crippen molar-refractivity contribution in [3.8, 4) is 33.8 Å². The van der Waals surface area contributed by atoms with Crippen LogP contribution in [0.1, 0.15) is 86.8 Å². The monoisotopic (exact) mass is 807 g/mol. The largest absolute Gasteiger partial charge is 0.457 e. The van der Waals surface area contributed by atoms with Gasteiger partial charge in [0.25, 0.3) is 0 Å². The highest BCUT2D eigenvalue weighted by Gasteiger charge is 2.46. The summed E-state index contributed by atoms with van der Waals surface area (Å²) in [7, 11) is 0. The fraction of sp³-hybridized carbons (Fsp3) is 0.200. The second-order valence-electron chi connectivity index (χ2n) is 18.3. The van der Waals surface area contributed by atoms with Crippen LogP contribution >= 0.6 is 0 Å². The molecule has 0 amide bonds. The number of aryl methyl sites for hydroxylation is 1. The summed E-state index contributed by atoms with van der Waals surface area (Å²) in [4.78, 5) is 2.38. The topological polar surface area (TPSA) is 12.5 Å². The smallest absolute Gasteiger partial charge is 0.127 e. The Labute approximate surface area is 369 Å². The van der Waals surface area contributed by atoms with Crippen molar-refractivity contribution in [3.05, 3.63) is 234 Å². The Hall–Kier alpha value is -6.64. The van der Waals surface area contributed by atoms with E-state index in [2.05, 4.69) is 247 Å². The summed E-state index contributed by atoms with van der Waals surface area (Å²) in [6, 6.07) is 73.1. The molecule has 8 aromatic rings. The molecule has 0 aromatic heterocycles. The van der Waals surface area contributed by atoms with Crippen LogP contribution in [0.5, 0.6) is 11.5 Å². The first-order valence-corrected chi connectivity index (χ1v) is 22.3. The van der Waals surface area contributed by atoms with Crippen LogP contribution in [-0.2, 0) is 5.41 Å². The van der Waals surface area contributed by atoms with E-state index in [1.54, 1.807) is 0 Å². The van der Waals surface area contributed by atoms with Crippen molar-refractivity contribution in [1.82, 2.24) is 0 Å². The number of anilines is 3. The Morgan fingerprint density at radius 1 is 0.516 bits per heavy atom. The molecule has 0 spiro atoms. The SMILES string of the molecule is CC[C@@H](C)CC(c1ccc(Oc2ccc(C3(c4ccc(C)cc4)c4ccccc4-c4ccc(N(c5ccccc5)c5ccc(-c6ccccc6)cc5)cc43)cc2)cc1)C(C)(C)C. The van der Waals surface area contributed by atoms with Crippen LogP contribution < -0.4 is 9.64 Å². The third-order valence-electron chi connectivity index (χ3n) is 13.2. The molecule has 0 saturated carbocycles. The zero-order valence-electron chi connectivity index (χ0n) is 37.0. The molecule has 2 unspecified atom stereocenters. The van der Waals surface area contributed by atoms with Crippen LogP contribution in [0.15, 0.2) is 200 Å². The van der Waals surface area contributed by atoms with Crippen LogP contribution in [0.3, 0.4) is 0 Å². The number of fused-ring (bicyclic) bond motifs is 3. The highest BCUT2D eigenvalue weighted by molar-refractivity contribution is 5.89. The quantitative estimate of drug-likeness (QED) is 0.122. The molecule has 1 aliphatic rings. The fourth-order valence-corrected chi connectivity index (χ4v) is 9.69. The van der Waals surface area contributed by atoms with Crippen molar-refractivity contribution in [2.45, 2.75) is 65.7 Å². The van der Waals surface area contributed by atoms with Gasteiger partial charge in [-0.3, -0.25) is 0 Å². The molecule has 0 N–H and O–H groups in total. The standard InChI is InChI=1S/C60H57NO/c1-7-42(2)40-57(59(4,5)6)46-26-35-52(36-27-46)62-53-37-30-48(31-38-53)60(47-28-22-43(3)23-29-47)56-21-15-14-20-54(56)55-39-34-51(41-58(55)60)61(49-18-12-9-13-19-49)50-32-24-45(25-33-50)44-16-10-8-11-17-44/h8-39,41-42,57H,7,40H2,1-6H3/t42-,57?,60?/m1/s1. The van der Waals surface area contributed by atoms with Crippen LogP contribution in [0.2, 0.25) is 0 Å². The van der Waals surface area contributed by atoms with Crippen LogP contribution in [0, 0.1) is 18.3 Å². The summed E-state index contributed by atoms with van der Waals surface area (Å²) in [5, 5.41) is 0. The third-order valence-corrected chi connectivity index (χ3v) is 13.2. The molecule has 0 radical (unpaired) electrons. The molecule has 62 heavy (non-hydrogen) atoms. The molecule has 0 aliphatic heterocycles. The van der Waals surface area contributed by atoms with Gasteiger partial charge in [-0.25, -0.2) is 0 Å². The summed E-state index contributed by atoms with van der Waals surface area (Å²) in [6.07, 6.45) is 2.38. The van der Waals surface area contributed by atoms with Crippen molar-refractivity contribution in [2.24, 2.45) is 11.3 Å². The van der Waals surface area contributed by atoms with Gasteiger partial charge < -0.3 is 9.64 Å². The highest BCUT2D eigenvalue weighted by Crippen LogP contribution is 2.57. The van der Waals surface area contributed by atoms with E-state index in [0.29, 0.717) is 11.8 Å². The molecule has 0 fully saturated rings. The summed E-state index contributed by atoms with van der Waals surface area (Å²) >= 11 is 0. The summed E-state index contributed by atoms with van der Waals surface area (Å²) in [6.45, 7) is 13.9. The number of para-hydroxylation sites is 1. The van der Waals surface area contributed by atoms with Gasteiger partial charge in [-0.2, -0.15) is 0 Å². The number of hydrogen-bond donors (Lipinski definition) is 0. The zero-order valence-corrected chi connectivity index (χ0v) is 37.0. The lowest BCUT2D eigenvalue weighted by atomic mass is 9.67. The number of hydrogen-bond acceptors (Lipinski definition) is 2. The average Bonchev–Trinajstić information content (AvgIpc) is 3.60. The molecule has 2 nitrogen and oxygen atoms in total. The molecule has 8 aromatic carbocycles. The van der Waals surface area contributed by atoms with Crippen molar-refractivity contribution in [2.75, 3.05) is 4.90 Å². The number of benzene rings is 8. The first kappa shape index (κ1) is 40.7. The summed E-state index contributed by atoms with van der Waals surface area (Å²) in [5.74, 6) is 2.84. The molecule has 3 atom stereocenters. The van der Waals surface area contributed by atoms with E-state index in [4.69, 9.17) is 4.74 Å². The second kappa shape index (κ2) is 17.0. The first-order valence-electron chi connectivity index (χ1n) is 22.3. The Kier molecular flexibility index (Phi) is 11.2. The molecular formula is C60H57NO. The lowest BCUT2D eigenvalue weighted by Crippen LogP contribution is -2.28. The lowest BCUT2D eigenvalue weighted by molar-refractivity contribution is 0.271. The third kappa shape index (κ3) is 7.75. The number of rotatable bonds is 12. The highest BCUT2D eigenvalue weighted by atomic mass is 16.5. The maximum Gasteiger partial charge on any atom is 0.127 e. The first-order chi connectivity index (χ1) is 30.1. The van der Waals surface area contributed by atoms with E-state index in [9.17, 15) is 0 Å². The van der Waals surface area contributed by atoms with Gasteiger partial charge in [0, 0.05) is 17.1 Å². The van der Waals surface area contributed by atoms with Crippen molar-refractivity contribution < 1.29 is 4.74 Å². The van der Waals surface area contributed by atoms with Crippen LogP contribution in [0.4, 0.5) is 17.1 Å². The molecular weight excluding hydrogens is 751 g/mol. The van der Waals surface area contributed by atoms with E-state index in [1.807, 2.05) is 0 Å². The molecule has 0 bridgehead atoms. The Morgan fingerprint density at radius 3 is 1.66 bits per heavy atom. The normalized spacial score (nSPS) is 15.3. The average molecular weight is 808 g/mol. The Morgan fingerprint density at radius 2 is 1.03 bits per heavy atom. The molecule has 9 rings (SSSR count). The zero-order chi connectivity index (χ0) is 42.8. The fourth-order valence-electron chi connectivity index (χ4n) is 9.69. The molecule has 2 heteroatoms. The van der Waals surface area contributed by atoms with Crippen LogP contribution in [-0.4, -0.2) is 0 Å². The van der Waals surface area contributed by atoms with Crippen molar-refractivity contribution in [1.29, 1.82) is 0 Å². The lowest BCUT2D eigenvalue weighted by Gasteiger charge is -2.35. The summed E-state index contributed by atoms with van der Waals surface area (Å²) < 4.78 is 6.59. The summed E-state index contributed by atoms with van der Waals surface area (Å²) in [5.41, 5.74) is 15.4. The van der Waals surface area contributed by atoms with Crippen molar-refractivity contribution in [3.63, 3.8) is 0 Å². The van der Waals surface area contributed by atoms with Gasteiger partial charge in [-0.1, -0.05) is 186 Å². The van der Waals surface area contributed by atoms with Gasteiger partial charge in [-0.05, 0) is 141 Å². The van der Waals surface area contributed by atoms with E-state index in [1.165, 1.54) is 68.5 Å². The Balaban J connectivity index is 1.13. The molecule has 0 saturated heterocycles. The maximum atomic E-state index is 6.59.